The molecule has 2 heterocycles. The molecule has 0 atom stereocenters. The van der Waals surface area contributed by atoms with Gasteiger partial charge in [0.05, 0.1) is 24.5 Å². The van der Waals surface area contributed by atoms with Crippen molar-refractivity contribution in [1.29, 1.82) is 0 Å². The van der Waals surface area contributed by atoms with Crippen molar-refractivity contribution in [1.82, 2.24) is 19.9 Å². The van der Waals surface area contributed by atoms with Gasteiger partial charge in [-0.2, -0.15) is 0 Å². The van der Waals surface area contributed by atoms with E-state index in [4.69, 9.17) is 9.47 Å². The highest BCUT2D eigenvalue weighted by atomic mass is 19.1. The van der Waals surface area contributed by atoms with Crippen molar-refractivity contribution in [2.45, 2.75) is 39.5 Å². The number of benzene rings is 4. The normalized spacial score (nSPS) is 11.5. The number of rotatable bonds is 14. The number of fused-ring (bicyclic) bond motifs is 2. The van der Waals surface area contributed by atoms with Crippen LogP contribution in [0.3, 0.4) is 0 Å². The fraction of sp³-hybridized carbons (Fsp3) is 0.238. The molecule has 2 N–H and O–H groups in total. The number of carbonyl (C=O) groups is 2. The lowest BCUT2D eigenvalue weighted by molar-refractivity contribution is -0.140. The summed E-state index contributed by atoms with van der Waals surface area (Å²) in [6.45, 7) is 8.45. The number of esters is 2. The second kappa shape index (κ2) is 17.0. The molecule has 0 saturated carbocycles. The minimum absolute atomic E-state index is 0.0165. The van der Waals surface area contributed by atoms with E-state index in [-0.39, 0.29) is 49.8 Å². The number of carbonyl (C=O) groups excluding carboxylic acids is 2. The molecular formula is C42H40F2N6O4. The molecule has 0 aliphatic rings. The van der Waals surface area contributed by atoms with Crippen LogP contribution in [0.1, 0.15) is 50.9 Å². The van der Waals surface area contributed by atoms with Crippen LogP contribution >= 0.6 is 0 Å². The molecule has 6 aromatic rings. The summed E-state index contributed by atoms with van der Waals surface area (Å²) >= 11 is 0. The molecule has 0 bridgehead atoms. The van der Waals surface area contributed by atoms with Gasteiger partial charge in [0.1, 0.15) is 24.8 Å². The third-order valence-corrected chi connectivity index (χ3v) is 8.58. The first-order valence-electron chi connectivity index (χ1n) is 17.7. The van der Waals surface area contributed by atoms with E-state index in [1.54, 1.807) is 36.4 Å². The summed E-state index contributed by atoms with van der Waals surface area (Å²) in [7, 11) is 0. The van der Waals surface area contributed by atoms with Crippen molar-refractivity contribution in [2.24, 2.45) is 0 Å². The van der Waals surface area contributed by atoms with Crippen molar-refractivity contribution in [3.8, 4) is 22.5 Å². The average molecular weight is 731 g/mol. The largest absolute Gasteiger partial charge is 0.461 e. The Hall–Kier alpha value is -6.30. The zero-order valence-corrected chi connectivity index (χ0v) is 30.4. The van der Waals surface area contributed by atoms with Crippen LogP contribution in [0.5, 0.6) is 0 Å². The molecule has 54 heavy (non-hydrogen) atoms. The summed E-state index contributed by atoms with van der Waals surface area (Å²) in [6.07, 6.45) is 2.00. The highest BCUT2D eigenvalue weighted by Gasteiger charge is 2.15. The molecule has 0 unspecified atom stereocenters. The summed E-state index contributed by atoms with van der Waals surface area (Å²) < 4.78 is 39.4. The van der Waals surface area contributed by atoms with E-state index < -0.39 is 11.9 Å². The van der Waals surface area contributed by atoms with Crippen LogP contribution in [-0.4, -0.2) is 58.2 Å². The molecule has 0 aliphatic carbocycles. The van der Waals surface area contributed by atoms with Gasteiger partial charge in [-0.1, -0.05) is 76.2 Å². The Morgan fingerprint density at radius 2 is 0.981 bits per heavy atom. The molecule has 2 aromatic heterocycles. The van der Waals surface area contributed by atoms with Crippen LogP contribution in [0.25, 0.3) is 44.1 Å². The number of nitrogens with one attached hydrogen (secondary N) is 2. The maximum atomic E-state index is 14.5. The highest BCUT2D eigenvalue weighted by Crippen LogP contribution is 2.32. The Morgan fingerprint density at radius 1 is 0.593 bits per heavy atom. The second-order valence-electron chi connectivity index (χ2n) is 13.1. The lowest BCUT2D eigenvalue weighted by Crippen LogP contribution is -2.16. The van der Waals surface area contributed by atoms with E-state index in [1.165, 1.54) is 12.1 Å². The SMILES string of the molecule is CC(C)c1cc(-c2ccc(F)c3ccccc23)nc(NCCOC(=O)/C=C\C(=O)OCCNc2nc(-c3ccc(F)c4ccccc34)cc(C(C)C)n2)n1. The fourth-order valence-electron chi connectivity index (χ4n) is 5.79. The number of aromatic nitrogens is 4. The van der Waals surface area contributed by atoms with Crippen LogP contribution < -0.4 is 10.6 Å². The molecule has 0 saturated heterocycles. The highest BCUT2D eigenvalue weighted by molar-refractivity contribution is 5.97. The Kier molecular flexibility index (Phi) is 11.8. The van der Waals surface area contributed by atoms with E-state index in [0.29, 0.717) is 34.1 Å². The van der Waals surface area contributed by atoms with Gasteiger partial charge in [-0.15, -0.1) is 0 Å². The van der Waals surface area contributed by atoms with Gasteiger partial charge < -0.3 is 20.1 Å². The number of hydrogen-bond donors (Lipinski definition) is 2. The summed E-state index contributed by atoms with van der Waals surface area (Å²) in [6, 6.07) is 24.5. The number of anilines is 2. The van der Waals surface area contributed by atoms with Gasteiger partial charge in [0.15, 0.2) is 0 Å². The molecule has 0 spiro atoms. The smallest absolute Gasteiger partial charge is 0.331 e. The van der Waals surface area contributed by atoms with Gasteiger partial charge in [-0.05, 0) is 59.0 Å². The summed E-state index contributed by atoms with van der Waals surface area (Å²) in [4.78, 5) is 43.1. The van der Waals surface area contributed by atoms with Crippen molar-refractivity contribution < 1.29 is 27.8 Å². The molecule has 12 heteroatoms. The third kappa shape index (κ3) is 9.00. The van der Waals surface area contributed by atoms with Gasteiger partial charge >= 0.3 is 11.9 Å². The molecule has 276 valence electrons. The van der Waals surface area contributed by atoms with E-state index in [0.717, 1.165) is 45.4 Å². The third-order valence-electron chi connectivity index (χ3n) is 8.58. The Morgan fingerprint density at radius 3 is 1.37 bits per heavy atom. The summed E-state index contributed by atoms with van der Waals surface area (Å²) in [5.74, 6) is -1.17. The Balaban J connectivity index is 0.987. The lowest BCUT2D eigenvalue weighted by atomic mass is 10.00. The van der Waals surface area contributed by atoms with Gasteiger partial charge in [-0.3, -0.25) is 0 Å². The zero-order chi connectivity index (χ0) is 38.2. The first-order chi connectivity index (χ1) is 26.1. The molecular weight excluding hydrogens is 690 g/mol. The van der Waals surface area contributed by atoms with Crippen LogP contribution in [0.2, 0.25) is 0 Å². The van der Waals surface area contributed by atoms with Crippen molar-refractivity contribution >= 4 is 45.4 Å². The predicted molar refractivity (Wildman–Crippen MR) is 206 cm³/mol. The van der Waals surface area contributed by atoms with Gasteiger partial charge in [0.2, 0.25) is 11.9 Å². The van der Waals surface area contributed by atoms with Gasteiger partial charge in [0.25, 0.3) is 0 Å². The number of nitrogens with zero attached hydrogens (tertiary/aromatic N) is 4. The number of ether oxygens (including phenoxy) is 2. The molecule has 10 nitrogen and oxygen atoms in total. The monoisotopic (exact) mass is 730 g/mol. The molecule has 0 amide bonds. The van der Waals surface area contributed by atoms with Crippen molar-refractivity contribution in [3.05, 3.63) is 120 Å². The fourth-order valence-corrected chi connectivity index (χ4v) is 5.79. The van der Waals surface area contributed by atoms with Gasteiger partial charge in [-0.25, -0.2) is 38.3 Å². The molecule has 0 aliphatic heterocycles. The van der Waals surface area contributed by atoms with Crippen LogP contribution in [0.15, 0.2) is 97.1 Å². The minimum atomic E-state index is -0.720. The standard InChI is InChI=1S/C42H40F2N6O4/c1-25(2)35-23-37(31-13-15-33(43)29-11-7-5-9-27(29)31)49-41(47-35)45-19-21-53-39(51)17-18-40(52)54-22-20-46-42-48-36(26(3)4)24-38(50-42)32-14-16-34(44)30-12-8-6-10-28(30)32/h5-18,23-26H,19-22H2,1-4H3,(H,45,47,49)(H,46,48,50)/b18-17-. The molecule has 0 radical (unpaired) electrons. The second-order valence-corrected chi connectivity index (χ2v) is 13.1. The van der Waals surface area contributed by atoms with E-state index in [2.05, 4.69) is 30.6 Å². The lowest BCUT2D eigenvalue weighted by Gasteiger charge is -2.13. The summed E-state index contributed by atoms with van der Waals surface area (Å²) in [5, 5.41) is 8.66. The maximum absolute atomic E-state index is 14.5. The zero-order valence-electron chi connectivity index (χ0n) is 30.4. The molecule has 0 fully saturated rings. The van der Waals surface area contributed by atoms with Gasteiger partial charge in [0, 0.05) is 45.4 Å². The van der Waals surface area contributed by atoms with E-state index >= 15 is 0 Å². The predicted octanol–water partition coefficient (Wildman–Crippen LogP) is 8.60. The van der Waals surface area contributed by atoms with Crippen LogP contribution in [-0.2, 0) is 19.1 Å². The van der Waals surface area contributed by atoms with E-state index in [9.17, 15) is 18.4 Å². The molecule has 6 rings (SSSR count). The topological polar surface area (TPSA) is 128 Å². The number of hydrogen-bond acceptors (Lipinski definition) is 10. The number of halogens is 2. The Labute approximate surface area is 311 Å². The van der Waals surface area contributed by atoms with E-state index in [1.807, 2.05) is 64.1 Å². The molecule has 4 aromatic carbocycles. The first kappa shape index (κ1) is 37.5. The van der Waals surface area contributed by atoms with Crippen molar-refractivity contribution in [3.63, 3.8) is 0 Å². The summed E-state index contributed by atoms with van der Waals surface area (Å²) in [5.41, 5.74) is 4.42. The minimum Gasteiger partial charge on any atom is -0.461 e. The average Bonchev–Trinajstić information content (AvgIpc) is 3.17. The quantitative estimate of drug-likeness (QED) is 0.0639. The van der Waals surface area contributed by atoms with Crippen molar-refractivity contribution in [2.75, 3.05) is 36.9 Å². The van der Waals surface area contributed by atoms with Crippen LogP contribution in [0, 0.1) is 11.6 Å². The first-order valence-corrected chi connectivity index (χ1v) is 17.7. The maximum Gasteiger partial charge on any atom is 0.331 e. The van der Waals surface area contributed by atoms with Crippen LogP contribution in [0.4, 0.5) is 20.7 Å². The Bertz CT molecular complexity index is 2180.